The number of nitrogens with zero attached hydrogens (tertiary/aromatic N) is 2. The van der Waals surface area contributed by atoms with Gasteiger partial charge in [-0.15, -0.1) is 0 Å². The van der Waals surface area contributed by atoms with Crippen molar-refractivity contribution in [2.45, 2.75) is 17.9 Å². The Morgan fingerprint density at radius 2 is 1.88 bits per heavy atom. The molecule has 6 heteroatoms. The van der Waals surface area contributed by atoms with Crippen LogP contribution in [0.1, 0.15) is 17.5 Å². The minimum absolute atomic E-state index is 0.124. The van der Waals surface area contributed by atoms with Gasteiger partial charge in [0.15, 0.2) is 0 Å². The molecule has 24 heavy (non-hydrogen) atoms. The lowest BCUT2D eigenvalue weighted by Gasteiger charge is -2.16. The van der Waals surface area contributed by atoms with E-state index in [0.717, 1.165) is 13.1 Å². The number of nitrogens with one attached hydrogen (secondary N) is 1. The van der Waals surface area contributed by atoms with Gasteiger partial charge in [0, 0.05) is 13.1 Å². The summed E-state index contributed by atoms with van der Waals surface area (Å²) in [4.78, 5) is 2.28. The van der Waals surface area contributed by atoms with Crippen molar-refractivity contribution in [2.24, 2.45) is 0 Å². The van der Waals surface area contributed by atoms with Gasteiger partial charge in [0.1, 0.15) is 0 Å². The van der Waals surface area contributed by atoms with Crippen molar-refractivity contribution in [3.8, 4) is 6.07 Å². The van der Waals surface area contributed by atoms with Gasteiger partial charge in [-0.25, -0.2) is 13.1 Å². The highest BCUT2D eigenvalue weighted by Gasteiger charge is 2.13. The minimum atomic E-state index is -3.57. The lowest BCUT2D eigenvalue weighted by molar-refractivity contribution is 0.322. The van der Waals surface area contributed by atoms with Crippen molar-refractivity contribution in [1.82, 2.24) is 9.62 Å². The van der Waals surface area contributed by atoms with Gasteiger partial charge in [0.2, 0.25) is 10.0 Å². The first-order valence-corrected chi connectivity index (χ1v) is 9.22. The van der Waals surface area contributed by atoms with Crippen LogP contribution in [0.4, 0.5) is 0 Å². The van der Waals surface area contributed by atoms with E-state index in [2.05, 4.69) is 21.8 Å². The molecule has 0 amide bonds. The summed E-state index contributed by atoms with van der Waals surface area (Å²) in [6, 6.07) is 18.1. The third-order valence-electron chi connectivity index (χ3n) is 3.58. The van der Waals surface area contributed by atoms with E-state index in [4.69, 9.17) is 5.26 Å². The number of benzene rings is 2. The lowest BCUT2D eigenvalue weighted by Crippen LogP contribution is -2.28. The molecule has 0 aliphatic heterocycles. The van der Waals surface area contributed by atoms with Crippen LogP contribution in [0.5, 0.6) is 0 Å². The molecule has 2 rings (SSSR count). The second-order valence-electron chi connectivity index (χ2n) is 5.61. The molecule has 0 aliphatic carbocycles. The Kier molecular flexibility index (Phi) is 6.50. The van der Waals surface area contributed by atoms with E-state index in [-0.39, 0.29) is 4.90 Å². The fourth-order valence-electron chi connectivity index (χ4n) is 2.35. The van der Waals surface area contributed by atoms with Gasteiger partial charge in [0.05, 0.1) is 16.5 Å². The van der Waals surface area contributed by atoms with Gasteiger partial charge in [0.25, 0.3) is 0 Å². The first-order chi connectivity index (χ1) is 11.5. The molecule has 0 aromatic heterocycles. The van der Waals surface area contributed by atoms with Crippen molar-refractivity contribution in [2.75, 3.05) is 20.1 Å². The minimum Gasteiger partial charge on any atom is -0.302 e. The molecule has 2 aromatic rings. The second kappa shape index (κ2) is 8.60. The number of rotatable bonds is 8. The number of nitriles is 1. The van der Waals surface area contributed by atoms with Crippen LogP contribution in [0.2, 0.25) is 0 Å². The molecule has 0 saturated heterocycles. The summed E-state index contributed by atoms with van der Waals surface area (Å²) < 4.78 is 27.0. The first-order valence-electron chi connectivity index (χ1n) is 7.73. The van der Waals surface area contributed by atoms with Crippen LogP contribution in [0.25, 0.3) is 0 Å². The number of hydrogen-bond donors (Lipinski definition) is 1. The van der Waals surface area contributed by atoms with Gasteiger partial charge >= 0.3 is 0 Å². The molecular weight excluding hydrogens is 322 g/mol. The Morgan fingerprint density at radius 1 is 1.12 bits per heavy atom. The second-order valence-corrected chi connectivity index (χ2v) is 7.38. The fourth-order valence-corrected chi connectivity index (χ4v) is 3.47. The summed E-state index contributed by atoms with van der Waals surface area (Å²) in [5.41, 5.74) is 1.56. The van der Waals surface area contributed by atoms with Crippen molar-refractivity contribution in [3.05, 3.63) is 65.7 Å². The Balaban J connectivity index is 1.79. The van der Waals surface area contributed by atoms with E-state index in [1.165, 1.54) is 17.7 Å². The molecule has 0 heterocycles. The molecule has 0 spiro atoms. The van der Waals surface area contributed by atoms with Crippen LogP contribution >= 0.6 is 0 Å². The maximum absolute atomic E-state index is 12.2. The summed E-state index contributed by atoms with van der Waals surface area (Å²) >= 11 is 0. The average molecular weight is 343 g/mol. The van der Waals surface area contributed by atoms with Crippen LogP contribution in [0, 0.1) is 11.3 Å². The van der Waals surface area contributed by atoms with Gasteiger partial charge in [-0.1, -0.05) is 36.4 Å². The van der Waals surface area contributed by atoms with Gasteiger partial charge in [-0.05, 0) is 43.8 Å². The highest BCUT2D eigenvalue weighted by Crippen LogP contribution is 2.10. The van der Waals surface area contributed by atoms with Crippen molar-refractivity contribution >= 4 is 10.0 Å². The van der Waals surface area contributed by atoms with E-state index in [0.29, 0.717) is 18.5 Å². The number of hydrogen-bond acceptors (Lipinski definition) is 4. The zero-order valence-electron chi connectivity index (χ0n) is 13.6. The van der Waals surface area contributed by atoms with E-state index >= 15 is 0 Å². The van der Waals surface area contributed by atoms with Crippen LogP contribution in [-0.2, 0) is 16.6 Å². The highest BCUT2D eigenvalue weighted by atomic mass is 32.2. The highest BCUT2D eigenvalue weighted by molar-refractivity contribution is 7.89. The molecule has 0 unspecified atom stereocenters. The van der Waals surface area contributed by atoms with Crippen LogP contribution in [0.3, 0.4) is 0 Å². The molecule has 0 atom stereocenters. The zero-order valence-corrected chi connectivity index (χ0v) is 14.5. The summed E-state index contributed by atoms with van der Waals surface area (Å²) in [7, 11) is -1.56. The van der Waals surface area contributed by atoms with E-state index in [9.17, 15) is 8.42 Å². The Labute approximate surface area is 143 Å². The van der Waals surface area contributed by atoms with Crippen LogP contribution in [0.15, 0.2) is 59.5 Å². The zero-order chi connectivity index (χ0) is 17.4. The Bertz CT molecular complexity index is 799. The molecule has 2 aromatic carbocycles. The largest absolute Gasteiger partial charge is 0.302 e. The Hall–Kier alpha value is -2.20. The quantitative estimate of drug-likeness (QED) is 0.747. The molecular formula is C18H21N3O2S. The third kappa shape index (κ3) is 5.46. The monoisotopic (exact) mass is 343 g/mol. The number of sulfonamides is 1. The molecule has 0 bridgehead atoms. The topological polar surface area (TPSA) is 73.2 Å². The molecule has 1 N–H and O–H groups in total. The molecule has 0 saturated carbocycles. The lowest BCUT2D eigenvalue weighted by atomic mass is 10.2. The summed E-state index contributed by atoms with van der Waals surface area (Å²) in [5.74, 6) is 0. The molecule has 126 valence electrons. The summed E-state index contributed by atoms with van der Waals surface area (Å²) in [5, 5.41) is 8.85. The van der Waals surface area contributed by atoms with Crippen molar-refractivity contribution < 1.29 is 8.42 Å². The summed E-state index contributed by atoms with van der Waals surface area (Å²) in [6.45, 7) is 1.98. The molecule has 0 aliphatic rings. The molecule has 5 nitrogen and oxygen atoms in total. The van der Waals surface area contributed by atoms with Crippen molar-refractivity contribution in [3.63, 3.8) is 0 Å². The molecule has 0 radical (unpaired) electrons. The SMILES string of the molecule is CN(CCCNS(=O)(=O)c1cccc(C#N)c1)Cc1ccccc1. The van der Waals surface area contributed by atoms with Gasteiger partial charge in [-0.2, -0.15) is 5.26 Å². The molecule has 0 fully saturated rings. The smallest absolute Gasteiger partial charge is 0.240 e. The van der Waals surface area contributed by atoms with Crippen LogP contribution in [-0.4, -0.2) is 33.5 Å². The van der Waals surface area contributed by atoms with Gasteiger partial charge in [-0.3, -0.25) is 0 Å². The fraction of sp³-hybridized carbons (Fsp3) is 0.278. The van der Waals surface area contributed by atoms with E-state index in [1.807, 2.05) is 31.3 Å². The van der Waals surface area contributed by atoms with E-state index < -0.39 is 10.0 Å². The standard InChI is InChI=1S/C18H21N3O2S/c1-21(15-16-7-3-2-4-8-16)12-6-11-20-24(22,23)18-10-5-9-17(13-18)14-19/h2-5,7-10,13,20H,6,11-12,15H2,1H3. The maximum Gasteiger partial charge on any atom is 0.240 e. The predicted molar refractivity (Wildman–Crippen MR) is 93.7 cm³/mol. The Morgan fingerprint density at radius 3 is 2.58 bits per heavy atom. The summed E-state index contributed by atoms with van der Waals surface area (Å²) in [6.07, 6.45) is 0.709. The third-order valence-corrected chi connectivity index (χ3v) is 5.04. The van der Waals surface area contributed by atoms with Gasteiger partial charge < -0.3 is 4.90 Å². The maximum atomic E-state index is 12.2. The predicted octanol–water partition coefficient (Wildman–Crippen LogP) is 2.36. The first kappa shape index (κ1) is 18.1. The van der Waals surface area contributed by atoms with E-state index in [1.54, 1.807) is 12.1 Å². The normalized spacial score (nSPS) is 11.4. The van der Waals surface area contributed by atoms with Crippen LogP contribution < -0.4 is 4.72 Å². The average Bonchev–Trinajstić information content (AvgIpc) is 2.60. The van der Waals surface area contributed by atoms with Crippen molar-refractivity contribution in [1.29, 1.82) is 5.26 Å².